The summed E-state index contributed by atoms with van der Waals surface area (Å²) in [5.41, 5.74) is 0. The normalized spacial score (nSPS) is 16.8. The lowest BCUT2D eigenvalue weighted by Crippen LogP contribution is -2.38. The van der Waals surface area contributed by atoms with Gasteiger partial charge in [0.1, 0.15) is 0 Å². The first-order valence-corrected chi connectivity index (χ1v) is 3.82. The molecule has 0 spiro atoms. The van der Waals surface area contributed by atoms with Crippen molar-refractivity contribution < 1.29 is 4.65 Å². The van der Waals surface area contributed by atoms with Crippen LogP contribution >= 0.6 is 0 Å². The van der Waals surface area contributed by atoms with Crippen molar-refractivity contribution in [3.8, 4) is 0 Å². The Morgan fingerprint density at radius 2 is 2.10 bits per heavy atom. The van der Waals surface area contributed by atoms with E-state index in [0.717, 1.165) is 19.5 Å². The van der Waals surface area contributed by atoms with Crippen LogP contribution in [0.4, 0.5) is 0 Å². The first-order chi connectivity index (χ1) is 4.62. The van der Waals surface area contributed by atoms with Crippen LogP contribution in [0.5, 0.6) is 0 Å². The van der Waals surface area contributed by atoms with Gasteiger partial charge in [-0.25, -0.2) is 0 Å². The molecule has 0 aliphatic heterocycles. The molecule has 3 heteroatoms. The fourth-order valence-corrected chi connectivity index (χ4v) is 0.748. The van der Waals surface area contributed by atoms with Crippen molar-refractivity contribution in [3.63, 3.8) is 0 Å². The van der Waals surface area contributed by atoms with Gasteiger partial charge in [-0.15, -0.1) is 0 Å². The van der Waals surface area contributed by atoms with Crippen LogP contribution in [0.25, 0.3) is 0 Å². The Bertz CT molecular complexity index is 83.7. The smallest absolute Gasteiger partial charge is 0.0794 e. The molecule has 1 unspecified atom stereocenters. The summed E-state index contributed by atoms with van der Waals surface area (Å²) in [5, 5.41) is 14.3. The van der Waals surface area contributed by atoms with E-state index in [1.807, 2.05) is 14.0 Å². The summed E-state index contributed by atoms with van der Waals surface area (Å²) < 4.78 is -0.109. The molecule has 0 aliphatic carbocycles. The fraction of sp³-hybridized carbons (Fsp3) is 1.00. The third-order valence-electron chi connectivity index (χ3n) is 1.73. The summed E-state index contributed by atoms with van der Waals surface area (Å²) in [7, 11) is 3.62. The minimum atomic E-state index is -0.109. The standard InChI is InChI=1S/C7H18N2O/c1-4-9(3,10)7-5-6-8-2/h8H,4-7H2,1-3H3. The lowest BCUT2D eigenvalue weighted by molar-refractivity contribution is -0.858. The van der Waals surface area contributed by atoms with Crippen LogP contribution in [0.3, 0.4) is 0 Å². The Kier molecular flexibility index (Phi) is 4.60. The van der Waals surface area contributed by atoms with E-state index in [1.165, 1.54) is 0 Å². The molecule has 0 aromatic heterocycles. The summed E-state index contributed by atoms with van der Waals surface area (Å²) in [4.78, 5) is 0. The highest BCUT2D eigenvalue weighted by atomic mass is 16.5. The van der Waals surface area contributed by atoms with Gasteiger partial charge in [0.05, 0.1) is 20.1 Å². The maximum atomic E-state index is 11.3. The SMILES string of the molecule is CC[N+](C)([O-])CCCNC. The van der Waals surface area contributed by atoms with Crippen molar-refractivity contribution in [2.45, 2.75) is 13.3 Å². The summed E-state index contributed by atoms with van der Waals surface area (Å²) in [6.45, 7) is 4.25. The molecule has 1 N–H and O–H groups in total. The molecule has 10 heavy (non-hydrogen) atoms. The van der Waals surface area contributed by atoms with E-state index in [9.17, 15) is 5.21 Å². The average molecular weight is 146 g/mol. The molecule has 0 aromatic rings. The predicted octanol–water partition coefficient (Wildman–Crippen LogP) is 0.560. The molecular weight excluding hydrogens is 128 g/mol. The maximum Gasteiger partial charge on any atom is 0.0794 e. The molecule has 0 saturated heterocycles. The first kappa shape index (κ1) is 9.88. The van der Waals surface area contributed by atoms with E-state index in [4.69, 9.17) is 0 Å². The molecule has 0 aliphatic rings. The second kappa shape index (κ2) is 4.66. The Morgan fingerprint density at radius 1 is 1.50 bits per heavy atom. The van der Waals surface area contributed by atoms with Gasteiger partial charge in [-0.1, -0.05) is 0 Å². The van der Waals surface area contributed by atoms with Crippen LogP contribution in [0.1, 0.15) is 13.3 Å². The topological polar surface area (TPSA) is 35.1 Å². The minimum Gasteiger partial charge on any atom is -0.633 e. The molecule has 62 valence electrons. The largest absolute Gasteiger partial charge is 0.633 e. The lowest BCUT2D eigenvalue weighted by Gasteiger charge is -2.37. The van der Waals surface area contributed by atoms with Crippen LogP contribution in [0, 0.1) is 5.21 Å². The molecule has 0 bridgehead atoms. The predicted molar refractivity (Wildman–Crippen MR) is 43.5 cm³/mol. The van der Waals surface area contributed by atoms with Gasteiger partial charge in [0.2, 0.25) is 0 Å². The van der Waals surface area contributed by atoms with E-state index in [1.54, 1.807) is 7.05 Å². The Hall–Kier alpha value is -0.120. The summed E-state index contributed by atoms with van der Waals surface area (Å²) in [6.07, 6.45) is 0.963. The van der Waals surface area contributed by atoms with Crippen LogP contribution in [0.2, 0.25) is 0 Å². The van der Waals surface area contributed by atoms with Crippen LogP contribution < -0.4 is 5.32 Å². The van der Waals surface area contributed by atoms with Gasteiger partial charge < -0.3 is 15.2 Å². The van der Waals surface area contributed by atoms with Crippen LogP contribution in [0.15, 0.2) is 0 Å². The van der Waals surface area contributed by atoms with Crippen LogP contribution in [-0.4, -0.2) is 38.4 Å². The molecular formula is C7H18N2O. The van der Waals surface area contributed by atoms with E-state index in [0.29, 0.717) is 6.54 Å². The zero-order chi connectivity index (χ0) is 8.04. The monoisotopic (exact) mass is 146 g/mol. The minimum absolute atomic E-state index is 0.109. The van der Waals surface area contributed by atoms with Crippen LogP contribution in [-0.2, 0) is 0 Å². The molecule has 0 heterocycles. The molecule has 0 aromatic carbocycles. The second-order valence-corrected chi connectivity index (χ2v) is 2.79. The number of hydrogen-bond acceptors (Lipinski definition) is 2. The zero-order valence-electron chi connectivity index (χ0n) is 7.18. The third kappa shape index (κ3) is 4.73. The van der Waals surface area contributed by atoms with Gasteiger partial charge in [-0.3, -0.25) is 0 Å². The summed E-state index contributed by atoms with van der Waals surface area (Å²) in [6, 6.07) is 0. The van der Waals surface area contributed by atoms with Crippen molar-refractivity contribution in [3.05, 3.63) is 5.21 Å². The van der Waals surface area contributed by atoms with E-state index in [-0.39, 0.29) is 4.65 Å². The maximum absolute atomic E-state index is 11.3. The number of quaternary nitrogens is 1. The highest BCUT2D eigenvalue weighted by molar-refractivity contribution is 4.41. The first-order valence-electron chi connectivity index (χ1n) is 3.82. The number of nitrogens with zero attached hydrogens (tertiary/aromatic N) is 1. The number of hydrogen-bond donors (Lipinski definition) is 1. The molecule has 0 amide bonds. The lowest BCUT2D eigenvalue weighted by atomic mass is 10.4. The van der Waals surface area contributed by atoms with Gasteiger partial charge in [0.15, 0.2) is 0 Å². The van der Waals surface area contributed by atoms with E-state index in [2.05, 4.69) is 5.32 Å². The Balaban J connectivity index is 3.28. The van der Waals surface area contributed by atoms with Crippen molar-refractivity contribution in [1.82, 2.24) is 5.32 Å². The number of rotatable bonds is 5. The second-order valence-electron chi connectivity index (χ2n) is 2.79. The molecule has 3 nitrogen and oxygen atoms in total. The number of nitrogens with one attached hydrogen (secondary N) is 1. The van der Waals surface area contributed by atoms with Gasteiger partial charge in [-0.2, -0.15) is 0 Å². The highest BCUT2D eigenvalue weighted by Gasteiger charge is 2.03. The molecule has 0 saturated carbocycles. The summed E-state index contributed by atoms with van der Waals surface area (Å²) >= 11 is 0. The van der Waals surface area contributed by atoms with Gasteiger partial charge >= 0.3 is 0 Å². The zero-order valence-corrected chi connectivity index (χ0v) is 7.18. The van der Waals surface area contributed by atoms with Crippen molar-refractivity contribution in [2.24, 2.45) is 0 Å². The van der Waals surface area contributed by atoms with Gasteiger partial charge in [0, 0.05) is 13.0 Å². The third-order valence-corrected chi connectivity index (χ3v) is 1.73. The fourth-order valence-electron chi connectivity index (χ4n) is 0.748. The Labute approximate surface area is 63.2 Å². The van der Waals surface area contributed by atoms with E-state index < -0.39 is 0 Å². The molecule has 0 fully saturated rings. The molecule has 0 radical (unpaired) electrons. The van der Waals surface area contributed by atoms with E-state index >= 15 is 0 Å². The van der Waals surface area contributed by atoms with Crippen molar-refractivity contribution >= 4 is 0 Å². The van der Waals surface area contributed by atoms with Crippen molar-refractivity contribution in [1.29, 1.82) is 0 Å². The Morgan fingerprint density at radius 3 is 2.50 bits per heavy atom. The van der Waals surface area contributed by atoms with Gasteiger partial charge in [0.25, 0.3) is 0 Å². The quantitative estimate of drug-likeness (QED) is 0.349. The van der Waals surface area contributed by atoms with Crippen molar-refractivity contribution in [2.75, 3.05) is 33.7 Å². The number of hydroxylamine groups is 3. The highest BCUT2D eigenvalue weighted by Crippen LogP contribution is 1.98. The average Bonchev–Trinajstić information content (AvgIpc) is 1.89. The van der Waals surface area contributed by atoms with Gasteiger partial charge in [-0.05, 0) is 14.0 Å². The summed E-state index contributed by atoms with van der Waals surface area (Å²) in [5.74, 6) is 0. The molecule has 1 atom stereocenters. The molecule has 0 rings (SSSR count).